The number of anilines is 1. The van der Waals surface area contributed by atoms with Crippen molar-refractivity contribution < 1.29 is 4.79 Å². The van der Waals surface area contributed by atoms with E-state index in [1.165, 1.54) is 4.88 Å². The summed E-state index contributed by atoms with van der Waals surface area (Å²) in [7, 11) is 0. The molecule has 0 saturated carbocycles. The zero-order chi connectivity index (χ0) is 16.1. The average molecular weight is 330 g/mol. The highest BCUT2D eigenvalue weighted by molar-refractivity contribution is 7.09. The van der Waals surface area contributed by atoms with Gasteiger partial charge in [-0.3, -0.25) is 4.79 Å². The molecule has 0 unspecified atom stereocenters. The molecule has 0 aromatic carbocycles. The molecule has 0 spiro atoms. The van der Waals surface area contributed by atoms with E-state index in [-0.39, 0.29) is 5.91 Å². The van der Waals surface area contributed by atoms with Crippen molar-refractivity contribution in [3.8, 4) is 0 Å². The smallest absolute Gasteiger partial charge is 0.222 e. The molecular formula is C17H22N4OS. The minimum absolute atomic E-state index is 0.244. The Morgan fingerprint density at radius 1 is 1.43 bits per heavy atom. The second-order valence-electron chi connectivity index (χ2n) is 5.73. The van der Waals surface area contributed by atoms with Gasteiger partial charge in [0.2, 0.25) is 5.91 Å². The van der Waals surface area contributed by atoms with Gasteiger partial charge in [0.05, 0.1) is 5.69 Å². The van der Waals surface area contributed by atoms with Gasteiger partial charge in [0.15, 0.2) is 0 Å². The molecule has 3 rings (SSSR count). The minimum Gasteiger partial charge on any atom is -0.369 e. The molecule has 122 valence electrons. The van der Waals surface area contributed by atoms with Crippen molar-refractivity contribution in [1.29, 1.82) is 0 Å². The SMILES string of the molecule is CCNc1cc2c(nn1)CCN(C(=O)CCCc1cccs1)C2. The summed E-state index contributed by atoms with van der Waals surface area (Å²) < 4.78 is 0. The minimum atomic E-state index is 0.244. The predicted octanol–water partition coefficient (Wildman–Crippen LogP) is 2.88. The normalized spacial score (nSPS) is 13.7. The molecule has 0 atom stereocenters. The van der Waals surface area contributed by atoms with Gasteiger partial charge in [0, 0.05) is 37.4 Å². The second-order valence-corrected chi connectivity index (χ2v) is 6.76. The number of carbonyl (C=O) groups excluding carboxylic acids is 1. The maximum Gasteiger partial charge on any atom is 0.222 e. The third kappa shape index (κ3) is 4.07. The zero-order valence-corrected chi connectivity index (χ0v) is 14.2. The van der Waals surface area contributed by atoms with Crippen molar-refractivity contribution in [3.05, 3.63) is 39.7 Å². The first kappa shape index (κ1) is 15.9. The van der Waals surface area contributed by atoms with E-state index in [1.807, 2.05) is 17.9 Å². The number of carbonyl (C=O) groups is 1. The molecule has 0 fully saturated rings. The van der Waals surface area contributed by atoms with Gasteiger partial charge in [0.25, 0.3) is 0 Å². The van der Waals surface area contributed by atoms with Crippen molar-refractivity contribution in [2.45, 2.75) is 39.2 Å². The Morgan fingerprint density at radius 3 is 3.13 bits per heavy atom. The van der Waals surface area contributed by atoms with Crippen LogP contribution in [-0.4, -0.2) is 34.1 Å². The molecule has 1 N–H and O–H groups in total. The lowest BCUT2D eigenvalue weighted by Gasteiger charge is -2.28. The summed E-state index contributed by atoms with van der Waals surface area (Å²) in [6.45, 7) is 4.25. The van der Waals surface area contributed by atoms with Gasteiger partial charge in [-0.1, -0.05) is 6.07 Å². The number of nitrogens with zero attached hydrogens (tertiary/aromatic N) is 3. The van der Waals surface area contributed by atoms with Gasteiger partial charge < -0.3 is 10.2 Å². The molecule has 2 aromatic rings. The molecular weight excluding hydrogens is 308 g/mol. The Balaban J connectivity index is 1.55. The van der Waals surface area contributed by atoms with Gasteiger partial charge in [-0.05, 0) is 42.8 Å². The van der Waals surface area contributed by atoms with Crippen LogP contribution in [0.15, 0.2) is 23.6 Å². The summed E-state index contributed by atoms with van der Waals surface area (Å²) in [5.74, 6) is 1.03. The summed E-state index contributed by atoms with van der Waals surface area (Å²) in [6.07, 6.45) is 3.32. The number of rotatable bonds is 6. The van der Waals surface area contributed by atoms with E-state index >= 15 is 0 Å². The molecule has 2 aromatic heterocycles. The number of nitrogens with one attached hydrogen (secondary N) is 1. The fraction of sp³-hybridized carbons (Fsp3) is 0.471. The molecule has 1 aliphatic rings. The zero-order valence-electron chi connectivity index (χ0n) is 13.4. The van der Waals surface area contributed by atoms with Crippen molar-refractivity contribution in [2.24, 2.45) is 0 Å². The fourth-order valence-corrected chi connectivity index (χ4v) is 3.59. The molecule has 0 aliphatic carbocycles. The standard InChI is InChI=1S/C17H22N4OS/c1-2-18-16-11-13-12-21(9-8-15(13)19-20-16)17(22)7-3-5-14-6-4-10-23-14/h4,6,10-11H,2-3,5,7-9,12H2,1H3,(H,18,20). The molecule has 6 heteroatoms. The van der Waals surface area contributed by atoms with Crippen LogP contribution >= 0.6 is 11.3 Å². The lowest BCUT2D eigenvalue weighted by Crippen LogP contribution is -2.36. The lowest BCUT2D eigenvalue weighted by molar-refractivity contribution is -0.132. The van der Waals surface area contributed by atoms with E-state index in [0.717, 1.165) is 49.4 Å². The number of aromatic nitrogens is 2. The van der Waals surface area contributed by atoms with E-state index in [0.29, 0.717) is 13.0 Å². The molecule has 3 heterocycles. The molecule has 0 saturated heterocycles. The van der Waals surface area contributed by atoms with Crippen LogP contribution in [0, 0.1) is 0 Å². The number of thiophene rings is 1. The second kappa shape index (κ2) is 7.55. The van der Waals surface area contributed by atoms with Gasteiger partial charge in [-0.15, -0.1) is 16.4 Å². The Kier molecular flexibility index (Phi) is 5.23. The summed E-state index contributed by atoms with van der Waals surface area (Å²) >= 11 is 1.76. The van der Waals surface area contributed by atoms with Crippen LogP contribution in [0.2, 0.25) is 0 Å². The quantitative estimate of drug-likeness (QED) is 0.885. The van der Waals surface area contributed by atoms with Crippen molar-refractivity contribution >= 4 is 23.1 Å². The summed E-state index contributed by atoms with van der Waals surface area (Å²) in [6, 6.07) is 6.22. The van der Waals surface area contributed by atoms with Crippen LogP contribution in [0.1, 0.15) is 35.9 Å². The monoisotopic (exact) mass is 330 g/mol. The maximum absolute atomic E-state index is 12.4. The van der Waals surface area contributed by atoms with E-state index < -0.39 is 0 Å². The fourth-order valence-electron chi connectivity index (χ4n) is 2.84. The van der Waals surface area contributed by atoms with Gasteiger partial charge in [0.1, 0.15) is 5.82 Å². The molecule has 0 radical (unpaired) electrons. The largest absolute Gasteiger partial charge is 0.369 e. The third-order valence-corrected chi connectivity index (χ3v) is 4.98. The first-order chi connectivity index (χ1) is 11.3. The molecule has 1 amide bonds. The number of fused-ring (bicyclic) bond motifs is 1. The lowest BCUT2D eigenvalue weighted by atomic mass is 10.1. The predicted molar refractivity (Wildman–Crippen MR) is 92.6 cm³/mol. The van der Waals surface area contributed by atoms with Crippen molar-refractivity contribution in [3.63, 3.8) is 0 Å². The summed E-state index contributed by atoms with van der Waals surface area (Å²) in [5, 5.41) is 13.7. The van der Waals surface area contributed by atoms with Crippen LogP contribution in [-0.2, 0) is 24.2 Å². The van der Waals surface area contributed by atoms with E-state index in [4.69, 9.17) is 0 Å². The molecule has 1 aliphatic heterocycles. The number of hydrogen-bond donors (Lipinski definition) is 1. The first-order valence-corrected chi connectivity index (χ1v) is 9.03. The third-order valence-electron chi connectivity index (χ3n) is 4.04. The van der Waals surface area contributed by atoms with Crippen LogP contribution < -0.4 is 5.32 Å². The highest BCUT2D eigenvalue weighted by atomic mass is 32.1. The molecule has 5 nitrogen and oxygen atoms in total. The van der Waals surface area contributed by atoms with E-state index in [2.05, 4.69) is 33.0 Å². The van der Waals surface area contributed by atoms with Gasteiger partial charge >= 0.3 is 0 Å². The van der Waals surface area contributed by atoms with Crippen LogP contribution in [0.25, 0.3) is 0 Å². The van der Waals surface area contributed by atoms with Gasteiger partial charge in [-0.2, -0.15) is 5.10 Å². The number of amides is 1. The van der Waals surface area contributed by atoms with Crippen LogP contribution in [0.3, 0.4) is 0 Å². The maximum atomic E-state index is 12.4. The summed E-state index contributed by atoms with van der Waals surface area (Å²) in [5.41, 5.74) is 2.14. The Morgan fingerprint density at radius 2 is 2.35 bits per heavy atom. The molecule has 0 bridgehead atoms. The van der Waals surface area contributed by atoms with Crippen molar-refractivity contribution in [1.82, 2.24) is 15.1 Å². The van der Waals surface area contributed by atoms with Crippen molar-refractivity contribution in [2.75, 3.05) is 18.4 Å². The van der Waals surface area contributed by atoms with Crippen LogP contribution in [0.5, 0.6) is 0 Å². The first-order valence-electron chi connectivity index (χ1n) is 8.15. The Bertz CT molecular complexity index is 657. The average Bonchev–Trinajstić information content (AvgIpc) is 3.08. The Labute approximate surface area is 140 Å². The number of hydrogen-bond acceptors (Lipinski definition) is 5. The van der Waals surface area contributed by atoms with Gasteiger partial charge in [-0.25, -0.2) is 0 Å². The highest BCUT2D eigenvalue weighted by Gasteiger charge is 2.22. The topological polar surface area (TPSA) is 58.1 Å². The van der Waals surface area contributed by atoms with E-state index in [1.54, 1.807) is 11.3 Å². The van der Waals surface area contributed by atoms with Crippen LogP contribution in [0.4, 0.5) is 5.82 Å². The summed E-state index contributed by atoms with van der Waals surface area (Å²) in [4.78, 5) is 15.7. The molecule has 23 heavy (non-hydrogen) atoms. The number of aryl methyl sites for hydroxylation is 1. The van der Waals surface area contributed by atoms with E-state index in [9.17, 15) is 4.79 Å². The Hall–Kier alpha value is -1.95. The highest BCUT2D eigenvalue weighted by Crippen LogP contribution is 2.20.